The van der Waals surface area contributed by atoms with E-state index in [1.165, 1.54) is 0 Å². The number of nitrogens with zero attached hydrogens (tertiary/aromatic N) is 2. The van der Waals surface area contributed by atoms with Crippen LogP contribution in [0, 0.1) is 0 Å². The lowest BCUT2D eigenvalue weighted by atomic mass is 10.0. The largest absolute Gasteiger partial charge is 0.494 e. The summed E-state index contributed by atoms with van der Waals surface area (Å²) >= 11 is 0. The molecule has 3 aromatic carbocycles. The predicted molar refractivity (Wildman–Crippen MR) is 130 cm³/mol. The van der Waals surface area contributed by atoms with Gasteiger partial charge in [-0.05, 0) is 36.4 Å². The van der Waals surface area contributed by atoms with Gasteiger partial charge in [-0.2, -0.15) is 0 Å². The molecule has 6 nitrogen and oxygen atoms in total. The Bertz CT molecular complexity index is 1140. The van der Waals surface area contributed by atoms with Crippen molar-refractivity contribution < 1.29 is 13.2 Å². The molecule has 3 aromatic rings. The molecule has 0 amide bonds. The Hall–Kier alpha value is -3.03. The zero-order chi connectivity index (χ0) is 22.6. The second kappa shape index (κ2) is 9.63. The van der Waals surface area contributed by atoms with Crippen LogP contribution in [0.15, 0.2) is 77.7 Å². The normalized spacial score (nSPS) is 14.9. The summed E-state index contributed by atoms with van der Waals surface area (Å²) in [5.41, 5.74) is 3.24. The second-order valence-corrected chi connectivity index (χ2v) is 9.46. The Kier molecular flexibility index (Phi) is 6.67. The van der Waals surface area contributed by atoms with E-state index in [0.29, 0.717) is 11.4 Å². The summed E-state index contributed by atoms with van der Waals surface area (Å²) in [6.45, 7) is 6.95. The molecule has 1 saturated heterocycles. The van der Waals surface area contributed by atoms with E-state index in [4.69, 9.17) is 4.74 Å². The highest BCUT2D eigenvalue weighted by atomic mass is 32.2. The van der Waals surface area contributed by atoms with Crippen LogP contribution in [-0.4, -0.2) is 53.2 Å². The number of piperazine rings is 1. The zero-order valence-electron chi connectivity index (χ0n) is 18.5. The Morgan fingerprint density at radius 1 is 0.906 bits per heavy atom. The van der Waals surface area contributed by atoms with Crippen molar-refractivity contribution in [1.29, 1.82) is 0 Å². The highest BCUT2D eigenvalue weighted by Gasteiger charge is 2.23. The molecular weight excluding hydrogens is 422 g/mol. The molecule has 1 fully saturated rings. The summed E-state index contributed by atoms with van der Waals surface area (Å²) in [7, 11) is -2.19. The van der Waals surface area contributed by atoms with Crippen molar-refractivity contribution in [2.45, 2.75) is 11.8 Å². The molecule has 1 heterocycles. The number of likely N-dealkylation sites (N-methyl/N-ethyl adjacent to an activating group) is 1. The molecule has 0 aliphatic carbocycles. The Morgan fingerprint density at radius 2 is 1.53 bits per heavy atom. The first-order chi connectivity index (χ1) is 15.5. The van der Waals surface area contributed by atoms with E-state index in [0.717, 1.165) is 49.5 Å². The van der Waals surface area contributed by atoms with Crippen molar-refractivity contribution in [3.8, 4) is 16.9 Å². The van der Waals surface area contributed by atoms with Gasteiger partial charge in [0.25, 0.3) is 10.0 Å². The van der Waals surface area contributed by atoms with Gasteiger partial charge in [0.15, 0.2) is 5.75 Å². The minimum absolute atomic E-state index is 0.213. The first-order valence-electron chi connectivity index (χ1n) is 10.8. The predicted octanol–water partition coefficient (Wildman–Crippen LogP) is 4.30. The highest BCUT2D eigenvalue weighted by Crippen LogP contribution is 2.41. The van der Waals surface area contributed by atoms with Crippen LogP contribution >= 0.6 is 0 Å². The lowest BCUT2D eigenvalue weighted by Crippen LogP contribution is -2.46. The number of nitrogens with one attached hydrogen (secondary N) is 1. The fourth-order valence-electron chi connectivity index (χ4n) is 4.05. The van der Waals surface area contributed by atoms with Crippen molar-refractivity contribution in [3.63, 3.8) is 0 Å². The van der Waals surface area contributed by atoms with Crippen LogP contribution < -0.4 is 14.4 Å². The third-order valence-electron chi connectivity index (χ3n) is 5.85. The summed E-state index contributed by atoms with van der Waals surface area (Å²) < 4.78 is 34.7. The van der Waals surface area contributed by atoms with E-state index < -0.39 is 10.0 Å². The molecule has 1 aliphatic rings. The Morgan fingerprint density at radius 3 is 2.12 bits per heavy atom. The quantitative estimate of drug-likeness (QED) is 0.580. The van der Waals surface area contributed by atoms with Crippen molar-refractivity contribution in [2.24, 2.45) is 0 Å². The van der Waals surface area contributed by atoms with Gasteiger partial charge < -0.3 is 14.5 Å². The van der Waals surface area contributed by atoms with Crippen LogP contribution in [0.5, 0.6) is 5.75 Å². The molecule has 0 atom stereocenters. The van der Waals surface area contributed by atoms with E-state index in [-0.39, 0.29) is 4.90 Å². The third-order valence-corrected chi connectivity index (χ3v) is 7.23. The van der Waals surface area contributed by atoms with Crippen LogP contribution in [0.1, 0.15) is 6.92 Å². The average molecular weight is 452 g/mol. The number of benzene rings is 3. The minimum Gasteiger partial charge on any atom is -0.494 e. The first kappa shape index (κ1) is 22.2. The van der Waals surface area contributed by atoms with E-state index >= 15 is 0 Å². The standard InChI is InChI=1S/C25H29N3O3S/c1-3-27-14-16-28(17-15-27)21-18-23(20-10-6-4-7-11-20)25(31-2)24(19-21)26-32(29,30)22-12-8-5-9-13-22/h4-13,18-19,26H,3,14-17H2,1-2H3. The van der Waals surface area contributed by atoms with Gasteiger partial charge in [0.2, 0.25) is 0 Å². The summed E-state index contributed by atoms with van der Waals surface area (Å²) in [4.78, 5) is 4.93. The Labute approximate surface area is 190 Å². The summed E-state index contributed by atoms with van der Waals surface area (Å²) in [6, 6.07) is 22.3. The SMILES string of the molecule is CCN1CCN(c2cc(NS(=O)(=O)c3ccccc3)c(OC)c(-c3ccccc3)c2)CC1. The maximum absolute atomic E-state index is 13.1. The smallest absolute Gasteiger partial charge is 0.262 e. The van der Waals surface area contributed by atoms with Crippen molar-refractivity contribution in [3.05, 3.63) is 72.8 Å². The topological polar surface area (TPSA) is 61.9 Å². The highest BCUT2D eigenvalue weighted by molar-refractivity contribution is 7.92. The number of hydrogen-bond donors (Lipinski definition) is 1. The van der Waals surface area contributed by atoms with Crippen molar-refractivity contribution in [2.75, 3.05) is 49.5 Å². The second-order valence-electron chi connectivity index (χ2n) is 7.78. The molecule has 32 heavy (non-hydrogen) atoms. The fraction of sp³-hybridized carbons (Fsp3) is 0.280. The number of anilines is 2. The number of ether oxygens (including phenoxy) is 1. The lowest BCUT2D eigenvalue weighted by molar-refractivity contribution is 0.271. The first-order valence-corrected chi connectivity index (χ1v) is 12.3. The molecule has 4 rings (SSSR count). The van der Waals surface area contributed by atoms with Crippen LogP contribution in [0.4, 0.5) is 11.4 Å². The van der Waals surface area contributed by atoms with Gasteiger partial charge in [-0.3, -0.25) is 4.72 Å². The van der Waals surface area contributed by atoms with E-state index in [1.807, 2.05) is 36.4 Å². The maximum Gasteiger partial charge on any atom is 0.262 e. The molecule has 0 spiro atoms. The van der Waals surface area contributed by atoms with Gasteiger partial charge in [-0.25, -0.2) is 8.42 Å². The molecule has 168 valence electrons. The van der Waals surface area contributed by atoms with Crippen LogP contribution in [0.25, 0.3) is 11.1 Å². The Balaban J connectivity index is 1.79. The molecule has 0 unspecified atom stereocenters. The monoisotopic (exact) mass is 451 g/mol. The van der Waals surface area contributed by atoms with E-state index in [2.05, 4.69) is 27.5 Å². The molecule has 0 aromatic heterocycles. The van der Waals surface area contributed by atoms with Crippen molar-refractivity contribution >= 4 is 21.4 Å². The zero-order valence-corrected chi connectivity index (χ0v) is 19.3. The fourth-order valence-corrected chi connectivity index (χ4v) is 5.12. The van der Waals surface area contributed by atoms with Crippen LogP contribution in [0.3, 0.4) is 0 Å². The number of hydrogen-bond acceptors (Lipinski definition) is 5. The molecule has 1 aliphatic heterocycles. The number of rotatable bonds is 7. The van der Waals surface area contributed by atoms with Gasteiger partial charge in [0, 0.05) is 37.4 Å². The van der Waals surface area contributed by atoms with Crippen LogP contribution in [-0.2, 0) is 10.0 Å². The third kappa shape index (κ3) is 4.74. The molecule has 0 bridgehead atoms. The minimum atomic E-state index is -3.76. The number of sulfonamides is 1. The lowest BCUT2D eigenvalue weighted by Gasteiger charge is -2.36. The maximum atomic E-state index is 13.1. The molecule has 1 N–H and O–H groups in total. The molecule has 7 heteroatoms. The van der Waals surface area contributed by atoms with Gasteiger partial charge >= 0.3 is 0 Å². The number of methoxy groups -OCH3 is 1. The molecular formula is C25H29N3O3S. The van der Waals surface area contributed by atoms with Crippen LogP contribution in [0.2, 0.25) is 0 Å². The van der Waals surface area contributed by atoms with Gasteiger partial charge in [0.05, 0.1) is 17.7 Å². The van der Waals surface area contributed by atoms with E-state index in [1.54, 1.807) is 37.4 Å². The summed E-state index contributed by atoms with van der Waals surface area (Å²) in [5.74, 6) is 0.506. The summed E-state index contributed by atoms with van der Waals surface area (Å²) in [6.07, 6.45) is 0. The summed E-state index contributed by atoms with van der Waals surface area (Å²) in [5, 5.41) is 0. The van der Waals surface area contributed by atoms with Gasteiger partial charge in [0.1, 0.15) is 0 Å². The van der Waals surface area contributed by atoms with Gasteiger partial charge in [-0.1, -0.05) is 55.5 Å². The van der Waals surface area contributed by atoms with Gasteiger partial charge in [-0.15, -0.1) is 0 Å². The van der Waals surface area contributed by atoms with Crippen molar-refractivity contribution in [1.82, 2.24) is 4.90 Å². The van der Waals surface area contributed by atoms with E-state index in [9.17, 15) is 8.42 Å². The molecule has 0 radical (unpaired) electrons. The molecule has 0 saturated carbocycles. The average Bonchev–Trinajstić information content (AvgIpc) is 2.84.